The van der Waals surface area contributed by atoms with Gasteiger partial charge in [-0.3, -0.25) is 19.1 Å². The quantitative estimate of drug-likeness (QED) is 0.193. The van der Waals surface area contributed by atoms with Crippen LogP contribution in [0.25, 0.3) is 10.9 Å². The van der Waals surface area contributed by atoms with Crippen molar-refractivity contribution in [3.8, 4) is 0 Å². The predicted molar refractivity (Wildman–Crippen MR) is 165 cm³/mol. The third-order valence-electron chi connectivity index (χ3n) is 8.31. The number of likely N-dealkylation sites (tertiary alicyclic amines) is 1. The van der Waals surface area contributed by atoms with Crippen LogP contribution < -0.4 is 5.32 Å². The summed E-state index contributed by atoms with van der Waals surface area (Å²) in [5, 5.41) is 8.17. The molecule has 2 amide bonds. The zero-order valence-electron chi connectivity index (χ0n) is 23.9. The van der Waals surface area contributed by atoms with Crippen molar-refractivity contribution in [2.75, 3.05) is 25.6 Å². The van der Waals surface area contributed by atoms with Gasteiger partial charge in [0.1, 0.15) is 6.17 Å². The number of rotatable bonds is 9. The molecule has 11 heteroatoms. The van der Waals surface area contributed by atoms with Crippen LogP contribution in [-0.4, -0.2) is 71.0 Å². The highest BCUT2D eigenvalue weighted by Crippen LogP contribution is 2.29. The molecule has 0 radical (unpaired) electrons. The van der Waals surface area contributed by atoms with E-state index >= 15 is 0 Å². The summed E-state index contributed by atoms with van der Waals surface area (Å²) in [5.41, 5.74) is 3.58. The zero-order chi connectivity index (χ0) is 29.8. The number of aryl methyl sites for hydroxylation is 1. The Bertz CT molecular complexity index is 1450. The fraction of sp³-hybridized carbons (Fsp3) is 0.484. The first kappa shape index (κ1) is 30.4. The minimum Gasteiger partial charge on any atom is -0.469 e. The van der Waals surface area contributed by atoms with Crippen LogP contribution in [0, 0.1) is 5.92 Å². The first-order chi connectivity index (χ1) is 20.3. The van der Waals surface area contributed by atoms with Crippen LogP contribution in [0.4, 0.5) is 10.1 Å². The topological polar surface area (TPSA) is 103 Å². The molecule has 42 heavy (non-hydrogen) atoms. The van der Waals surface area contributed by atoms with Crippen molar-refractivity contribution in [2.24, 2.45) is 13.0 Å². The number of hydrogen-bond donors (Lipinski definition) is 1. The number of anilines is 1. The number of fused-ring (bicyclic) bond motifs is 1. The average Bonchev–Trinajstić information content (AvgIpc) is 3.56. The molecular weight excluding hydrogens is 654 g/mol. The maximum Gasteiger partial charge on any atom is 0.308 e. The fourth-order valence-corrected chi connectivity index (χ4v) is 6.66. The van der Waals surface area contributed by atoms with E-state index in [1.165, 1.54) is 7.11 Å². The van der Waals surface area contributed by atoms with E-state index in [0.717, 1.165) is 34.9 Å². The Morgan fingerprint density at radius 3 is 2.62 bits per heavy atom. The molecule has 0 spiro atoms. The highest BCUT2D eigenvalue weighted by molar-refractivity contribution is 14.1. The fourth-order valence-electron chi connectivity index (χ4n) is 6.03. The standard InChI is InChI=1S/C31H36FIN4O5/c1-36-27-6-4-3-5-25(27)29(35-36)30(39)34-26-12-7-19(13-21(26)16-33)14-28(38)37-17-22(32)15-23(37)18-42-24-10-8-20(9-11-24)31(40)41-2/h3-7,12-13,20,22-24H,8-11,14-18H2,1-2H3,(H,34,39)/t20-,22-,23-,24-/m0/s1. The second-order valence-electron chi connectivity index (χ2n) is 11.1. The molecule has 1 saturated carbocycles. The molecule has 1 aromatic heterocycles. The minimum absolute atomic E-state index is 0.000406. The van der Waals surface area contributed by atoms with Crippen molar-refractivity contribution in [3.63, 3.8) is 0 Å². The number of aromatic nitrogens is 2. The Morgan fingerprint density at radius 2 is 1.88 bits per heavy atom. The first-order valence-electron chi connectivity index (χ1n) is 14.3. The molecule has 2 atom stereocenters. The van der Waals surface area contributed by atoms with Crippen molar-refractivity contribution in [1.29, 1.82) is 0 Å². The molecule has 0 unspecified atom stereocenters. The first-order valence-corrected chi connectivity index (χ1v) is 15.8. The Morgan fingerprint density at radius 1 is 1.12 bits per heavy atom. The Hall–Kier alpha value is -3.06. The van der Waals surface area contributed by atoms with Crippen LogP contribution >= 0.6 is 22.6 Å². The molecule has 1 saturated heterocycles. The third kappa shape index (κ3) is 6.77. The van der Waals surface area contributed by atoms with Gasteiger partial charge in [0.2, 0.25) is 5.91 Å². The van der Waals surface area contributed by atoms with Gasteiger partial charge < -0.3 is 19.7 Å². The van der Waals surface area contributed by atoms with Crippen molar-refractivity contribution in [1.82, 2.24) is 14.7 Å². The van der Waals surface area contributed by atoms with Gasteiger partial charge in [0, 0.05) is 29.0 Å². The number of carbonyl (C=O) groups excluding carboxylic acids is 3. The van der Waals surface area contributed by atoms with Crippen LogP contribution in [0.5, 0.6) is 0 Å². The number of alkyl halides is 2. The molecule has 2 aliphatic rings. The predicted octanol–water partition coefficient (Wildman–Crippen LogP) is 4.99. The summed E-state index contributed by atoms with van der Waals surface area (Å²) in [5.74, 6) is -0.704. The largest absolute Gasteiger partial charge is 0.469 e. The highest BCUT2D eigenvalue weighted by Gasteiger charge is 2.36. The van der Waals surface area contributed by atoms with Gasteiger partial charge in [-0.05, 0) is 48.9 Å². The van der Waals surface area contributed by atoms with Gasteiger partial charge in [-0.2, -0.15) is 5.10 Å². The van der Waals surface area contributed by atoms with E-state index in [9.17, 15) is 18.8 Å². The normalized spacial score (nSPS) is 22.3. The van der Waals surface area contributed by atoms with Crippen molar-refractivity contribution < 1.29 is 28.2 Å². The summed E-state index contributed by atoms with van der Waals surface area (Å²) >= 11 is 2.23. The van der Waals surface area contributed by atoms with E-state index in [1.54, 1.807) is 16.6 Å². The lowest BCUT2D eigenvalue weighted by atomic mass is 9.87. The van der Waals surface area contributed by atoms with Gasteiger partial charge >= 0.3 is 5.97 Å². The number of nitrogens with zero attached hydrogens (tertiary/aromatic N) is 3. The molecule has 2 fully saturated rings. The Kier molecular flexibility index (Phi) is 9.77. The van der Waals surface area contributed by atoms with E-state index in [4.69, 9.17) is 9.47 Å². The molecule has 1 N–H and O–H groups in total. The summed E-state index contributed by atoms with van der Waals surface area (Å²) < 4.78 is 27.7. The van der Waals surface area contributed by atoms with E-state index in [-0.39, 0.29) is 61.8 Å². The number of para-hydroxylation sites is 1. The number of benzene rings is 2. The average molecular weight is 691 g/mol. The van der Waals surface area contributed by atoms with Crippen molar-refractivity contribution in [2.45, 2.75) is 61.3 Å². The Balaban J connectivity index is 1.19. The number of ether oxygens (including phenoxy) is 2. The summed E-state index contributed by atoms with van der Waals surface area (Å²) in [7, 11) is 3.21. The van der Waals surface area contributed by atoms with E-state index in [2.05, 4.69) is 33.0 Å². The number of methoxy groups -OCH3 is 1. The van der Waals surface area contributed by atoms with Gasteiger partial charge in [0.25, 0.3) is 5.91 Å². The maximum absolute atomic E-state index is 14.5. The second-order valence-corrected chi connectivity index (χ2v) is 11.9. The molecule has 224 valence electrons. The monoisotopic (exact) mass is 690 g/mol. The number of halogens is 2. The molecule has 5 rings (SSSR count). The van der Waals surface area contributed by atoms with Crippen LogP contribution in [-0.2, 0) is 37.0 Å². The number of carbonyl (C=O) groups is 3. The molecule has 0 bridgehead atoms. The molecular formula is C31H36FIN4O5. The summed E-state index contributed by atoms with van der Waals surface area (Å²) in [6.45, 7) is 0.346. The summed E-state index contributed by atoms with van der Waals surface area (Å²) in [6.07, 6.45) is 2.23. The minimum atomic E-state index is -1.08. The molecule has 9 nitrogen and oxygen atoms in total. The lowest BCUT2D eigenvalue weighted by molar-refractivity contribution is -0.148. The summed E-state index contributed by atoms with van der Waals surface area (Å²) in [4.78, 5) is 39.8. The second kappa shape index (κ2) is 13.5. The Labute approximate surface area is 258 Å². The van der Waals surface area contributed by atoms with Gasteiger partial charge in [-0.25, -0.2) is 4.39 Å². The van der Waals surface area contributed by atoms with Gasteiger partial charge in [-0.1, -0.05) is 52.9 Å². The van der Waals surface area contributed by atoms with Crippen molar-refractivity contribution in [3.05, 3.63) is 59.3 Å². The van der Waals surface area contributed by atoms with Crippen molar-refractivity contribution >= 4 is 57.0 Å². The SMILES string of the molecule is COC(=O)[C@H]1CC[C@H](OC[C@@H]2C[C@H](F)CN2C(=O)Cc2ccc(NC(=O)c3nn(C)c4ccccc34)c(CI)c2)CC1. The van der Waals surface area contributed by atoms with Gasteiger partial charge in [0.05, 0.1) is 50.3 Å². The van der Waals surface area contributed by atoms with E-state index in [1.807, 2.05) is 42.5 Å². The smallest absolute Gasteiger partial charge is 0.308 e. The molecule has 1 aliphatic carbocycles. The number of esters is 1. The van der Waals surface area contributed by atoms with Crippen LogP contribution in [0.2, 0.25) is 0 Å². The number of nitrogens with one attached hydrogen (secondary N) is 1. The molecule has 1 aliphatic heterocycles. The van der Waals surface area contributed by atoms with E-state index in [0.29, 0.717) is 28.7 Å². The van der Waals surface area contributed by atoms with Gasteiger partial charge in [-0.15, -0.1) is 0 Å². The lowest BCUT2D eigenvalue weighted by Gasteiger charge is -2.30. The zero-order valence-corrected chi connectivity index (χ0v) is 26.0. The molecule has 3 aromatic rings. The van der Waals surface area contributed by atoms with Crippen LogP contribution in [0.15, 0.2) is 42.5 Å². The third-order valence-corrected chi connectivity index (χ3v) is 9.13. The summed E-state index contributed by atoms with van der Waals surface area (Å²) in [6, 6.07) is 12.8. The maximum atomic E-state index is 14.5. The van der Waals surface area contributed by atoms with Gasteiger partial charge in [0.15, 0.2) is 5.69 Å². The van der Waals surface area contributed by atoms with Crippen LogP contribution in [0.1, 0.15) is 53.7 Å². The van der Waals surface area contributed by atoms with Crippen LogP contribution in [0.3, 0.4) is 0 Å². The van der Waals surface area contributed by atoms with E-state index < -0.39 is 6.17 Å². The highest BCUT2D eigenvalue weighted by atomic mass is 127. The molecule has 2 aromatic carbocycles. The number of amides is 2. The number of hydrogen-bond acceptors (Lipinski definition) is 6. The lowest BCUT2D eigenvalue weighted by Crippen LogP contribution is -2.40. The molecule has 2 heterocycles.